The van der Waals surface area contributed by atoms with E-state index in [0.717, 1.165) is 17.2 Å². The number of hydrogen-bond donors (Lipinski definition) is 1. The third kappa shape index (κ3) is 2.29. The maximum atomic E-state index is 9.84. The molecule has 0 aliphatic heterocycles. The van der Waals surface area contributed by atoms with E-state index in [0.29, 0.717) is 0 Å². The molecule has 1 aliphatic rings. The van der Waals surface area contributed by atoms with Crippen LogP contribution in [-0.2, 0) is 0 Å². The van der Waals surface area contributed by atoms with Gasteiger partial charge in [-0.1, -0.05) is 25.7 Å². The van der Waals surface area contributed by atoms with Crippen molar-refractivity contribution in [2.45, 2.75) is 38.2 Å². The zero-order chi connectivity index (χ0) is 9.10. The summed E-state index contributed by atoms with van der Waals surface area (Å²) in [4.78, 5) is 5.00. The molecule has 3 heteroatoms. The summed E-state index contributed by atoms with van der Waals surface area (Å²) in [6.45, 7) is 0. The van der Waals surface area contributed by atoms with E-state index in [9.17, 15) is 5.11 Å². The van der Waals surface area contributed by atoms with Gasteiger partial charge in [-0.2, -0.15) is 0 Å². The molecule has 72 valence electrons. The summed E-state index contributed by atoms with van der Waals surface area (Å²) in [6, 6.07) is 0. The van der Waals surface area contributed by atoms with Crippen molar-refractivity contribution in [3.8, 4) is 0 Å². The van der Waals surface area contributed by atoms with Crippen LogP contribution >= 0.6 is 11.3 Å². The Morgan fingerprint density at radius 1 is 1.54 bits per heavy atom. The van der Waals surface area contributed by atoms with Crippen LogP contribution in [-0.4, -0.2) is 10.1 Å². The summed E-state index contributed by atoms with van der Waals surface area (Å²) >= 11 is 1.55. The quantitative estimate of drug-likeness (QED) is 0.808. The lowest BCUT2D eigenvalue weighted by atomic mass is 10.00. The van der Waals surface area contributed by atoms with Crippen molar-refractivity contribution in [3.05, 3.63) is 16.6 Å². The Hall–Kier alpha value is -0.410. The molecule has 0 saturated heterocycles. The third-order valence-corrected chi connectivity index (χ3v) is 3.69. The fourth-order valence-corrected chi connectivity index (χ4v) is 2.69. The zero-order valence-corrected chi connectivity index (χ0v) is 8.46. The topological polar surface area (TPSA) is 33.1 Å². The molecule has 2 rings (SSSR count). The Morgan fingerprint density at radius 3 is 2.92 bits per heavy atom. The lowest BCUT2D eigenvalue weighted by Crippen LogP contribution is -2.02. The van der Waals surface area contributed by atoms with Gasteiger partial charge < -0.3 is 5.11 Å². The summed E-state index contributed by atoms with van der Waals surface area (Å²) in [7, 11) is 0. The number of aliphatic hydroxyl groups is 1. The second-order valence-electron chi connectivity index (χ2n) is 3.81. The minimum absolute atomic E-state index is 0.268. The van der Waals surface area contributed by atoms with Gasteiger partial charge in [0.2, 0.25) is 0 Å². The molecule has 0 radical (unpaired) electrons. The highest BCUT2D eigenvalue weighted by Gasteiger charge is 2.20. The molecule has 1 heterocycles. The molecule has 1 fully saturated rings. The predicted molar refractivity (Wildman–Crippen MR) is 53.6 cm³/mol. The van der Waals surface area contributed by atoms with E-state index in [1.54, 1.807) is 23.0 Å². The first-order valence-corrected chi connectivity index (χ1v) is 5.80. The van der Waals surface area contributed by atoms with Crippen LogP contribution in [0.4, 0.5) is 0 Å². The number of thiazole rings is 1. The minimum Gasteiger partial charge on any atom is -0.388 e. The summed E-state index contributed by atoms with van der Waals surface area (Å²) in [6.07, 6.45) is 7.74. The zero-order valence-electron chi connectivity index (χ0n) is 7.65. The minimum atomic E-state index is -0.268. The first-order valence-electron chi connectivity index (χ1n) is 4.92. The summed E-state index contributed by atoms with van der Waals surface area (Å²) in [5.41, 5.74) is 1.78. The number of aliphatic hydroxyl groups excluding tert-OH is 1. The van der Waals surface area contributed by atoms with E-state index < -0.39 is 0 Å². The van der Waals surface area contributed by atoms with Crippen molar-refractivity contribution in [2.75, 3.05) is 0 Å². The van der Waals surface area contributed by atoms with Gasteiger partial charge in [0.15, 0.2) is 0 Å². The molecule has 2 nitrogen and oxygen atoms in total. The Labute approximate surface area is 82.6 Å². The van der Waals surface area contributed by atoms with E-state index in [1.165, 1.54) is 25.7 Å². The van der Waals surface area contributed by atoms with Gasteiger partial charge >= 0.3 is 0 Å². The molecule has 1 aliphatic carbocycles. The van der Waals surface area contributed by atoms with Crippen LogP contribution in [0.25, 0.3) is 0 Å². The number of nitrogens with zero attached hydrogens (tertiary/aromatic N) is 1. The Morgan fingerprint density at radius 2 is 2.31 bits per heavy atom. The number of aromatic nitrogens is 1. The van der Waals surface area contributed by atoms with Gasteiger partial charge in [0.1, 0.15) is 0 Å². The molecule has 1 saturated carbocycles. The third-order valence-electron chi connectivity index (χ3n) is 2.81. The number of hydrogen-bond acceptors (Lipinski definition) is 3. The van der Waals surface area contributed by atoms with Crippen LogP contribution < -0.4 is 0 Å². The van der Waals surface area contributed by atoms with E-state index in [4.69, 9.17) is 0 Å². The average Bonchev–Trinajstić information content (AvgIpc) is 2.74. The lowest BCUT2D eigenvalue weighted by molar-refractivity contribution is 0.148. The van der Waals surface area contributed by atoms with Crippen molar-refractivity contribution in [1.29, 1.82) is 0 Å². The van der Waals surface area contributed by atoms with Crippen LogP contribution in [0.1, 0.15) is 43.1 Å². The molecular formula is C10H15NOS. The Kier molecular flexibility index (Phi) is 2.96. The van der Waals surface area contributed by atoms with Crippen LogP contribution in [0.2, 0.25) is 0 Å². The largest absolute Gasteiger partial charge is 0.388 e. The maximum Gasteiger partial charge on any atom is 0.0900 e. The highest BCUT2D eigenvalue weighted by atomic mass is 32.1. The molecule has 1 aromatic rings. The summed E-state index contributed by atoms with van der Waals surface area (Å²) in [5.74, 6) is 0.747. The van der Waals surface area contributed by atoms with Gasteiger partial charge in [-0.05, 0) is 12.3 Å². The molecule has 1 aromatic heterocycles. The number of rotatable bonds is 3. The molecule has 13 heavy (non-hydrogen) atoms. The Balaban J connectivity index is 1.87. The monoisotopic (exact) mass is 197 g/mol. The molecule has 1 atom stereocenters. The lowest BCUT2D eigenvalue weighted by Gasteiger charge is -2.12. The standard InChI is InChI=1S/C10H15NOS/c12-9(10-6-11-7-13-10)5-8-3-1-2-4-8/h6-9,12H,1-5H2. The average molecular weight is 197 g/mol. The molecule has 1 N–H and O–H groups in total. The van der Waals surface area contributed by atoms with Crippen molar-refractivity contribution in [1.82, 2.24) is 4.98 Å². The van der Waals surface area contributed by atoms with E-state index in [-0.39, 0.29) is 6.10 Å². The second-order valence-corrected chi connectivity index (χ2v) is 4.72. The van der Waals surface area contributed by atoms with Crippen LogP contribution in [0.3, 0.4) is 0 Å². The molecule has 1 unspecified atom stereocenters. The molecule has 0 amide bonds. The van der Waals surface area contributed by atoms with Crippen LogP contribution in [0, 0.1) is 5.92 Å². The predicted octanol–water partition coefficient (Wildman–Crippen LogP) is 2.76. The van der Waals surface area contributed by atoms with Gasteiger partial charge in [0, 0.05) is 6.20 Å². The van der Waals surface area contributed by atoms with Crippen molar-refractivity contribution >= 4 is 11.3 Å². The SMILES string of the molecule is OC(CC1CCCC1)c1cncs1. The normalized spacial score (nSPS) is 20.7. The van der Waals surface area contributed by atoms with Gasteiger partial charge in [0.25, 0.3) is 0 Å². The summed E-state index contributed by atoms with van der Waals surface area (Å²) in [5, 5.41) is 9.84. The van der Waals surface area contributed by atoms with E-state index in [2.05, 4.69) is 4.98 Å². The van der Waals surface area contributed by atoms with Gasteiger partial charge in [-0.3, -0.25) is 4.98 Å². The Bertz CT molecular complexity index is 241. The highest BCUT2D eigenvalue weighted by Crippen LogP contribution is 2.33. The highest BCUT2D eigenvalue weighted by molar-refractivity contribution is 7.09. The smallest absolute Gasteiger partial charge is 0.0900 e. The van der Waals surface area contributed by atoms with Crippen LogP contribution in [0.15, 0.2) is 11.7 Å². The molecule has 0 spiro atoms. The van der Waals surface area contributed by atoms with Gasteiger partial charge in [0.05, 0.1) is 16.5 Å². The van der Waals surface area contributed by atoms with E-state index in [1.807, 2.05) is 0 Å². The first kappa shape index (κ1) is 9.16. The second kappa shape index (κ2) is 4.20. The molecule has 0 bridgehead atoms. The summed E-state index contributed by atoms with van der Waals surface area (Å²) < 4.78 is 0. The first-order chi connectivity index (χ1) is 6.36. The van der Waals surface area contributed by atoms with Crippen molar-refractivity contribution in [2.24, 2.45) is 5.92 Å². The van der Waals surface area contributed by atoms with Gasteiger partial charge in [-0.15, -0.1) is 11.3 Å². The van der Waals surface area contributed by atoms with E-state index >= 15 is 0 Å². The van der Waals surface area contributed by atoms with Crippen LogP contribution in [0.5, 0.6) is 0 Å². The van der Waals surface area contributed by atoms with Gasteiger partial charge in [-0.25, -0.2) is 0 Å². The van der Waals surface area contributed by atoms with Crippen molar-refractivity contribution in [3.63, 3.8) is 0 Å². The maximum absolute atomic E-state index is 9.84. The van der Waals surface area contributed by atoms with Crippen molar-refractivity contribution < 1.29 is 5.11 Å². The molecule has 0 aromatic carbocycles. The fourth-order valence-electron chi connectivity index (χ4n) is 2.07. The molecular weight excluding hydrogens is 182 g/mol. The fraction of sp³-hybridized carbons (Fsp3) is 0.700.